The predicted molar refractivity (Wildman–Crippen MR) is 69.1 cm³/mol. The molecule has 0 aliphatic heterocycles. The van der Waals surface area contributed by atoms with Crippen molar-refractivity contribution in [3.05, 3.63) is 29.3 Å². The summed E-state index contributed by atoms with van der Waals surface area (Å²) in [5.74, 6) is 1.60. The van der Waals surface area contributed by atoms with Gasteiger partial charge >= 0.3 is 0 Å². The lowest BCUT2D eigenvalue weighted by Gasteiger charge is -2.14. The van der Waals surface area contributed by atoms with Gasteiger partial charge in [-0.15, -0.1) is 0 Å². The largest absolute Gasteiger partial charge is 0.496 e. The average Bonchev–Trinajstić information content (AvgIpc) is 2.34. The molecule has 0 aliphatic rings. The molecule has 0 fully saturated rings. The molecule has 0 saturated heterocycles. The van der Waals surface area contributed by atoms with Gasteiger partial charge in [-0.2, -0.15) is 0 Å². The van der Waals surface area contributed by atoms with E-state index < -0.39 is 0 Å². The third-order valence-electron chi connectivity index (χ3n) is 3.14. The summed E-state index contributed by atoms with van der Waals surface area (Å²) in [4.78, 5) is 0. The fourth-order valence-electron chi connectivity index (χ4n) is 1.83. The van der Waals surface area contributed by atoms with Crippen LogP contribution < -0.4 is 10.5 Å². The summed E-state index contributed by atoms with van der Waals surface area (Å²) in [5, 5.41) is 0. The molecule has 1 aromatic rings. The Hall–Kier alpha value is -1.02. The lowest BCUT2D eigenvalue weighted by molar-refractivity contribution is 0.409. The van der Waals surface area contributed by atoms with Gasteiger partial charge in [0.15, 0.2) is 0 Å². The van der Waals surface area contributed by atoms with Crippen LogP contribution in [-0.2, 0) is 6.42 Å². The van der Waals surface area contributed by atoms with Crippen LogP contribution in [0.2, 0.25) is 0 Å². The van der Waals surface area contributed by atoms with Crippen LogP contribution in [0.3, 0.4) is 0 Å². The van der Waals surface area contributed by atoms with Gasteiger partial charge in [0.25, 0.3) is 0 Å². The summed E-state index contributed by atoms with van der Waals surface area (Å²) in [6.45, 7) is 5.21. The van der Waals surface area contributed by atoms with Gasteiger partial charge in [0.2, 0.25) is 0 Å². The summed E-state index contributed by atoms with van der Waals surface area (Å²) < 4.78 is 5.37. The van der Waals surface area contributed by atoms with E-state index in [1.54, 1.807) is 7.11 Å². The molecule has 0 amide bonds. The van der Waals surface area contributed by atoms with Crippen molar-refractivity contribution in [1.82, 2.24) is 0 Å². The molecule has 0 heterocycles. The predicted octanol–water partition coefficient (Wildman–Crippen LogP) is 3.10. The first-order valence-corrected chi connectivity index (χ1v) is 6.09. The van der Waals surface area contributed by atoms with Crippen molar-refractivity contribution in [2.45, 2.75) is 39.0 Å². The molecule has 1 atom stereocenters. The van der Waals surface area contributed by atoms with Crippen molar-refractivity contribution in [3.8, 4) is 5.75 Å². The maximum Gasteiger partial charge on any atom is 0.122 e. The minimum absolute atomic E-state index is 0.613. The number of methoxy groups -OCH3 is 1. The Morgan fingerprint density at radius 3 is 2.69 bits per heavy atom. The quantitative estimate of drug-likeness (QED) is 0.801. The summed E-state index contributed by atoms with van der Waals surface area (Å²) in [5.41, 5.74) is 8.23. The zero-order valence-electron chi connectivity index (χ0n) is 10.6. The molecule has 1 unspecified atom stereocenters. The second-order valence-corrected chi connectivity index (χ2v) is 4.27. The normalized spacial score (nSPS) is 12.5. The molecule has 0 bridgehead atoms. The van der Waals surface area contributed by atoms with Crippen LogP contribution in [0.15, 0.2) is 18.2 Å². The van der Waals surface area contributed by atoms with Crippen LogP contribution >= 0.6 is 0 Å². The van der Waals surface area contributed by atoms with Crippen molar-refractivity contribution >= 4 is 0 Å². The van der Waals surface area contributed by atoms with Crippen molar-refractivity contribution in [2.75, 3.05) is 13.7 Å². The van der Waals surface area contributed by atoms with Crippen LogP contribution in [0.5, 0.6) is 5.75 Å². The standard InChI is InChI=1S/C14H23NO/c1-4-11(2)12-7-8-14(16-3)13(10-12)6-5-9-15/h7-8,10-11H,4-6,9,15H2,1-3H3. The zero-order valence-corrected chi connectivity index (χ0v) is 10.6. The fraction of sp³-hybridized carbons (Fsp3) is 0.571. The summed E-state index contributed by atoms with van der Waals surface area (Å²) >= 11 is 0. The number of aryl methyl sites for hydroxylation is 1. The minimum Gasteiger partial charge on any atom is -0.496 e. The Kier molecular flexibility index (Phi) is 5.33. The molecule has 2 nitrogen and oxygen atoms in total. The van der Waals surface area contributed by atoms with Gasteiger partial charge in [0, 0.05) is 0 Å². The van der Waals surface area contributed by atoms with E-state index in [4.69, 9.17) is 10.5 Å². The molecule has 90 valence electrons. The number of ether oxygens (including phenoxy) is 1. The molecule has 1 rings (SSSR count). The molecular formula is C14H23NO. The van der Waals surface area contributed by atoms with E-state index in [-0.39, 0.29) is 0 Å². The average molecular weight is 221 g/mol. The third-order valence-corrected chi connectivity index (χ3v) is 3.14. The topological polar surface area (TPSA) is 35.2 Å². The SMILES string of the molecule is CCC(C)c1ccc(OC)c(CCCN)c1. The highest BCUT2D eigenvalue weighted by molar-refractivity contribution is 5.38. The van der Waals surface area contributed by atoms with E-state index >= 15 is 0 Å². The number of hydrogen-bond donors (Lipinski definition) is 1. The lowest BCUT2D eigenvalue weighted by Crippen LogP contribution is -2.02. The second-order valence-electron chi connectivity index (χ2n) is 4.27. The van der Waals surface area contributed by atoms with E-state index in [9.17, 15) is 0 Å². The van der Waals surface area contributed by atoms with Crippen molar-refractivity contribution in [3.63, 3.8) is 0 Å². The number of hydrogen-bond acceptors (Lipinski definition) is 2. The smallest absolute Gasteiger partial charge is 0.122 e. The van der Waals surface area contributed by atoms with E-state index in [1.165, 1.54) is 17.5 Å². The molecule has 2 N–H and O–H groups in total. The summed E-state index contributed by atoms with van der Waals surface area (Å²) in [7, 11) is 1.73. The van der Waals surface area contributed by atoms with Gasteiger partial charge in [-0.3, -0.25) is 0 Å². The van der Waals surface area contributed by atoms with Crippen molar-refractivity contribution in [1.29, 1.82) is 0 Å². The van der Waals surface area contributed by atoms with Crippen molar-refractivity contribution < 1.29 is 4.74 Å². The molecule has 0 radical (unpaired) electrons. The molecule has 0 aromatic heterocycles. The van der Waals surface area contributed by atoms with Crippen LogP contribution in [-0.4, -0.2) is 13.7 Å². The zero-order chi connectivity index (χ0) is 12.0. The Morgan fingerprint density at radius 2 is 2.12 bits per heavy atom. The molecular weight excluding hydrogens is 198 g/mol. The van der Waals surface area contributed by atoms with E-state index in [1.807, 2.05) is 0 Å². The van der Waals surface area contributed by atoms with Gasteiger partial charge in [-0.1, -0.05) is 26.0 Å². The number of rotatable bonds is 6. The summed E-state index contributed by atoms with van der Waals surface area (Å²) in [6, 6.07) is 6.51. The Bertz CT molecular complexity index is 323. The van der Waals surface area contributed by atoms with Gasteiger partial charge in [-0.05, 0) is 48.9 Å². The molecule has 1 aromatic carbocycles. The monoisotopic (exact) mass is 221 g/mol. The number of benzene rings is 1. The highest BCUT2D eigenvalue weighted by Gasteiger charge is 2.08. The van der Waals surface area contributed by atoms with Crippen LogP contribution in [0.4, 0.5) is 0 Å². The van der Waals surface area contributed by atoms with Crippen LogP contribution in [0, 0.1) is 0 Å². The Morgan fingerprint density at radius 1 is 1.38 bits per heavy atom. The fourth-order valence-corrected chi connectivity index (χ4v) is 1.83. The van der Waals surface area contributed by atoms with Gasteiger partial charge < -0.3 is 10.5 Å². The van der Waals surface area contributed by atoms with Crippen molar-refractivity contribution in [2.24, 2.45) is 5.73 Å². The minimum atomic E-state index is 0.613. The highest BCUT2D eigenvalue weighted by Crippen LogP contribution is 2.26. The first kappa shape index (κ1) is 13.0. The number of nitrogens with two attached hydrogens (primary N) is 1. The highest BCUT2D eigenvalue weighted by atomic mass is 16.5. The maximum absolute atomic E-state index is 5.55. The Balaban J connectivity index is 2.91. The van der Waals surface area contributed by atoms with Crippen LogP contribution in [0.25, 0.3) is 0 Å². The molecule has 2 heteroatoms. The molecule has 0 spiro atoms. The Labute approximate surface area is 98.8 Å². The van der Waals surface area contributed by atoms with Gasteiger partial charge in [0.05, 0.1) is 7.11 Å². The van der Waals surface area contributed by atoms with Gasteiger partial charge in [-0.25, -0.2) is 0 Å². The first-order chi connectivity index (χ1) is 7.72. The molecule has 0 aliphatic carbocycles. The van der Waals surface area contributed by atoms with Gasteiger partial charge in [0.1, 0.15) is 5.75 Å². The van der Waals surface area contributed by atoms with E-state index in [2.05, 4.69) is 32.0 Å². The summed E-state index contributed by atoms with van der Waals surface area (Å²) in [6.07, 6.45) is 3.19. The maximum atomic E-state index is 5.55. The van der Waals surface area contributed by atoms with E-state index in [0.717, 1.165) is 25.1 Å². The first-order valence-electron chi connectivity index (χ1n) is 6.09. The lowest BCUT2D eigenvalue weighted by atomic mass is 9.95. The third kappa shape index (κ3) is 3.24. The molecule has 0 saturated carbocycles. The van der Waals surface area contributed by atoms with Crippen LogP contribution in [0.1, 0.15) is 43.7 Å². The van der Waals surface area contributed by atoms with E-state index in [0.29, 0.717) is 5.92 Å². The second kappa shape index (κ2) is 6.54. The molecule has 16 heavy (non-hydrogen) atoms.